The largest absolute Gasteiger partial charge is 0.391 e. The fourth-order valence-corrected chi connectivity index (χ4v) is 2.18. The lowest BCUT2D eigenvalue weighted by molar-refractivity contribution is 0.172. The molecule has 0 bridgehead atoms. The zero-order chi connectivity index (χ0) is 9.97. The maximum Gasteiger partial charge on any atom is 0.0741 e. The van der Waals surface area contributed by atoms with Crippen LogP contribution in [0.25, 0.3) is 0 Å². The predicted molar refractivity (Wildman–Crippen MR) is 59.2 cm³/mol. The van der Waals surface area contributed by atoms with Gasteiger partial charge in [0.1, 0.15) is 0 Å². The minimum Gasteiger partial charge on any atom is -0.391 e. The molecule has 0 aromatic carbocycles. The molecule has 0 radical (unpaired) electrons. The summed E-state index contributed by atoms with van der Waals surface area (Å²) in [6.07, 6.45) is 6.34. The van der Waals surface area contributed by atoms with Gasteiger partial charge in [-0.25, -0.2) is 0 Å². The Morgan fingerprint density at radius 1 is 1.43 bits per heavy atom. The molecule has 2 N–H and O–H groups in total. The van der Waals surface area contributed by atoms with Crippen molar-refractivity contribution in [2.75, 3.05) is 5.32 Å². The molecule has 1 aliphatic rings. The lowest BCUT2D eigenvalue weighted by Gasteiger charge is -2.17. The summed E-state index contributed by atoms with van der Waals surface area (Å²) >= 11 is 3.36. The van der Waals surface area contributed by atoms with E-state index < -0.39 is 0 Å². The van der Waals surface area contributed by atoms with E-state index in [1.54, 1.807) is 12.4 Å². The Kier molecular flexibility index (Phi) is 3.03. The average molecular weight is 257 g/mol. The minimum atomic E-state index is -0.214. The van der Waals surface area contributed by atoms with Gasteiger partial charge in [0.15, 0.2) is 0 Å². The lowest BCUT2D eigenvalue weighted by Crippen LogP contribution is -2.27. The van der Waals surface area contributed by atoms with Gasteiger partial charge in [0.2, 0.25) is 0 Å². The number of hydrogen-bond donors (Lipinski definition) is 2. The molecule has 4 heteroatoms. The first-order chi connectivity index (χ1) is 6.75. The molecular formula is C10H13BrN2O. The summed E-state index contributed by atoms with van der Waals surface area (Å²) in [4.78, 5) is 4.06. The van der Waals surface area contributed by atoms with E-state index in [-0.39, 0.29) is 12.1 Å². The summed E-state index contributed by atoms with van der Waals surface area (Å²) in [7, 11) is 0. The van der Waals surface area contributed by atoms with Crippen molar-refractivity contribution in [1.82, 2.24) is 4.98 Å². The second-order valence-corrected chi connectivity index (χ2v) is 4.56. The standard InChI is InChI=1S/C10H13BrN2O/c11-7-4-8(6-12-5-7)13-9-2-1-3-10(9)14/h4-6,9-10,13-14H,1-3H2/t9-,10-/m1/s1. The maximum absolute atomic E-state index is 9.62. The van der Waals surface area contributed by atoms with Crippen LogP contribution in [0.15, 0.2) is 22.9 Å². The molecule has 3 nitrogen and oxygen atoms in total. The topological polar surface area (TPSA) is 45.1 Å². The summed E-state index contributed by atoms with van der Waals surface area (Å²) in [6, 6.07) is 2.16. The van der Waals surface area contributed by atoms with Crippen molar-refractivity contribution in [1.29, 1.82) is 0 Å². The molecule has 1 aliphatic carbocycles. The highest BCUT2D eigenvalue weighted by Gasteiger charge is 2.24. The molecule has 1 saturated carbocycles. The Labute approximate surface area is 91.7 Å². The van der Waals surface area contributed by atoms with E-state index in [9.17, 15) is 5.11 Å². The van der Waals surface area contributed by atoms with Crippen LogP contribution >= 0.6 is 15.9 Å². The number of anilines is 1. The summed E-state index contributed by atoms with van der Waals surface area (Å²) in [6.45, 7) is 0. The summed E-state index contributed by atoms with van der Waals surface area (Å²) < 4.78 is 0.954. The molecule has 14 heavy (non-hydrogen) atoms. The second kappa shape index (κ2) is 4.28. The fourth-order valence-electron chi connectivity index (χ4n) is 1.81. The Morgan fingerprint density at radius 3 is 2.93 bits per heavy atom. The molecule has 0 unspecified atom stereocenters. The number of halogens is 1. The SMILES string of the molecule is O[C@@H]1CCC[C@H]1Nc1cncc(Br)c1. The van der Waals surface area contributed by atoms with Gasteiger partial charge in [-0.2, -0.15) is 0 Å². The maximum atomic E-state index is 9.62. The van der Waals surface area contributed by atoms with Gasteiger partial charge in [-0.3, -0.25) is 4.98 Å². The molecule has 0 spiro atoms. The van der Waals surface area contributed by atoms with E-state index in [0.717, 1.165) is 29.4 Å². The monoisotopic (exact) mass is 256 g/mol. The molecule has 2 atom stereocenters. The molecule has 1 aromatic heterocycles. The van der Waals surface area contributed by atoms with Crippen LogP contribution in [0.4, 0.5) is 5.69 Å². The van der Waals surface area contributed by atoms with Gasteiger partial charge in [-0.05, 0) is 41.3 Å². The van der Waals surface area contributed by atoms with E-state index >= 15 is 0 Å². The smallest absolute Gasteiger partial charge is 0.0741 e. The van der Waals surface area contributed by atoms with Gasteiger partial charge in [-0.15, -0.1) is 0 Å². The van der Waals surface area contributed by atoms with Crippen molar-refractivity contribution in [2.24, 2.45) is 0 Å². The van der Waals surface area contributed by atoms with E-state index in [1.165, 1.54) is 0 Å². The summed E-state index contributed by atoms with van der Waals surface area (Å²) in [5, 5.41) is 12.9. The zero-order valence-electron chi connectivity index (χ0n) is 7.78. The lowest BCUT2D eigenvalue weighted by atomic mass is 10.2. The molecule has 0 amide bonds. The first-order valence-electron chi connectivity index (χ1n) is 4.81. The number of rotatable bonds is 2. The molecular weight excluding hydrogens is 244 g/mol. The number of nitrogens with one attached hydrogen (secondary N) is 1. The van der Waals surface area contributed by atoms with E-state index in [4.69, 9.17) is 0 Å². The third-order valence-electron chi connectivity index (χ3n) is 2.54. The normalized spacial score (nSPS) is 26.4. The molecule has 1 aromatic rings. The van der Waals surface area contributed by atoms with Crippen LogP contribution in [-0.4, -0.2) is 22.2 Å². The number of aliphatic hydroxyl groups excluding tert-OH is 1. The summed E-state index contributed by atoms with van der Waals surface area (Å²) in [5.74, 6) is 0. The zero-order valence-corrected chi connectivity index (χ0v) is 9.37. The quantitative estimate of drug-likeness (QED) is 0.853. The highest BCUT2D eigenvalue weighted by molar-refractivity contribution is 9.10. The Hall–Kier alpha value is -0.610. The minimum absolute atomic E-state index is 0.186. The van der Waals surface area contributed by atoms with E-state index in [2.05, 4.69) is 26.2 Å². The molecule has 76 valence electrons. The van der Waals surface area contributed by atoms with E-state index in [1.807, 2.05) is 6.07 Å². The number of aliphatic hydroxyl groups is 1. The molecule has 2 rings (SSSR count). The third kappa shape index (κ3) is 2.25. The number of nitrogens with zero attached hydrogens (tertiary/aromatic N) is 1. The van der Waals surface area contributed by atoms with Crippen LogP contribution in [-0.2, 0) is 0 Å². The van der Waals surface area contributed by atoms with Crippen molar-refractivity contribution >= 4 is 21.6 Å². The molecule has 1 fully saturated rings. The van der Waals surface area contributed by atoms with Crippen molar-refractivity contribution in [3.63, 3.8) is 0 Å². The van der Waals surface area contributed by atoms with Crippen LogP contribution in [0.1, 0.15) is 19.3 Å². The molecule has 0 aliphatic heterocycles. The second-order valence-electron chi connectivity index (χ2n) is 3.64. The van der Waals surface area contributed by atoms with Crippen molar-refractivity contribution in [2.45, 2.75) is 31.4 Å². The fraction of sp³-hybridized carbons (Fsp3) is 0.500. The van der Waals surface area contributed by atoms with Gasteiger partial charge in [-0.1, -0.05) is 0 Å². The van der Waals surface area contributed by atoms with Crippen LogP contribution in [0.3, 0.4) is 0 Å². The predicted octanol–water partition coefficient (Wildman–Crippen LogP) is 2.17. The van der Waals surface area contributed by atoms with Gasteiger partial charge in [0, 0.05) is 10.7 Å². The van der Waals surface area contributed by atoms with Crippen LogP contribution in [0.5, 0.6) is 0 Å². The number of aromatic nitrogens is 1. The van der Waals surface area contributed by atoms with Gasteiger partial charge in [0.25, 0.3) is 0 Å². The van der Waals surface area contributed by atoms with Gasteiger partial charge in [0.05, 0.1) is 24.0 Å². The van der Waals surface area contributed by atoms with E-state index in [0.29, 0.717) is 0 Å². The van der Waals surface area contributed by atoms with Gasteiger partial charge >= 0.3 is 0 Å². The van der Waals surface area contributed by atoms with Crippen LogP contribution in [0.2, 0.25) is 0 Å². The average Bonchev–Trinajstić information content (AvgIpc) is 2.52. The van der Waals surface area contributed by atoms with Crippen molar-refractivity contribution < 1.29 is 5.11 Å². The highest BCUT2D eigenvalue weighted by Crippen LogP contribution is 2.23. The first-order valence-corrected chi connectivity index (χ1v) is 5.60. The Bertz CT molecular complexity index is 319. The van der Waals surface area contributed by atoms with Crippen molar-refractivity contribution in [3.8, 4) is 0 Å². The third-order valence-corrected chi connectivity index (χ3v) is 2.97. The van der Waals surface area contributed by atoms with Crippen LogP contribution < -0.4 is 5.32 Å². The molecule has 1 heterocycles. The summed E-state index contributed by atoms with van der Waals surface area (Å²) in [5.41, 5.74) is 0.963. The van der Waals surface area contributed by atoms with Gasteiger partial charge < -0.3 is 10.4 Å². The number of pyridine rings is 1. The highest BCUT2D eigenvalue weighted by atomic mass is 79.9. The van der Waals surface area contributed by atoms with Crippen LogP contribution in [0, 0.1) is 0 Å². The Morgan fingerprint density at radius 2 is 2.29 bits per heavy atom. The molecule has 0 saturated heterocycles. The van der Waals surface area contributed by atoms with Crippen molar-refractivity contribution in [3.05, 3.63) is 22.9 Å². The first kappa shape index (κ1) is 9.93. The number of hydrogen-bond acceptors (Lipinski definition) is 3. The Balaban J connectivity index is 2.03.